The van der Waals surface area contributed by atoms with Crippen LogP contribution in [0.15, 0.2) is 42.6 Å². The SMILES string of the molecule is C#CC(Cc1ccc2c(c1)OCO2)C(=O)N(c1ccccn1)C1CCCCC1. The van der Waals surface area contributed by atoms with Gasteiger partial charge < -0.3 is 9.47 Å². The zero-order valence-electron chi connectivity index (χ0n) is 15.8. The predicted octanol–water partition coefficient (Wildman–Crippen LogP) is 3.97. The minimum absolute atomic E-state index is 0.0502. The Morgan fingerprint density at radius 3 is 2.75 bits per heavy atom. The standard InChI is InChI=1S/C23H24N2O3/c1-2-18(14-17-11-12-20-21(15-17)28-16-27-20)23(26)25(19-8-4-3-5-9-19)22-10-6-7-13-24-22/h1,6-7,10-13,15,18-19H,3-5,8-9,14,16H2. The average molecular weight is 376 g/mol. The van der Waals surface area contributed by atoms with Gasteiger partial charge in [0.15, 0.2) is 11.5 Å². The number of aromatic nitrogens is 1. The van der Waals surface area contributed by atoms with E-state index in [0.717, 1.165) is 37.0 Å². The molecule has 0 saturated heterocycles. The van der Waals surface area contributed by atoms with Gasteiger partial charge in [0, 0.05) is 12.2 Å². The van der Waals surface area contributed by atoms with E-state index in [2.05, 4.69) is 10.9 Å². The summed E-state index contributed by atoms with van der Waals surface area (Å²) in [5.74, 6) is 4.23. The molecule has 2 heterocycles. The van der Waals surface area contributed by atoms with E-state index < -0.39 is 5.92 Å². The monoisotopic (exact) mass is 376 g/mol. The number of carbonyl (C=O) groups excluding carboxylic acids is 1. The van der Waals surface area contributed by atoms with Crippen LogP contribution in [0.5, 0.6) is 11.5 Å². The second-order valence-corrected chi connectivity index (χ2v) is 7.30. The van der Waals surface area contributed by atoms with Gasteiger partial charge in [0.1, 0.15) is 11.7 Å². The molecular weight excluding hydrogens is 352 g/mol. The summed E-state index contributed by atoms with van der Waals surface area (Å²) >= 11 is 0. The van der Waals surface area contributed by atoms with Crippen molar-refractivity contribution in [2.45, 2.75) is 44.6 Å². The molecule has 0 spiro atoms. The molecule has 0 bridgehead atoms. The fraction of sp³-hybridized carbons (Fsp3) is 0.391. The van der Waals surface area contributed by atoms with E-state index in [0.29, 0.717) is 18.0 Å². The molecule has 1 atom stereocenters. The first-order valence-corrected chi connectivity index (χ1v) is 9.85. The molecule has 5 heteroatoms. The van der Waals surface area contributed by atoms with Gasteiger partial charge in [0.2, 0.25) is 12.7 Å². The van der Waals surface area contributed by atoms with Crippen molar-refractivity contribution in [3.8, 4) is 23.8 Å². The summed E-state index contributed by atoms with van der Waals surface area (Å²) in [4.78, 5) is 19.8. The molecule has 1 aliphatic carbocycles. The van der Waals surface area contributed by atoms with Gasteiger partial charge in [-0.1, -0.05) is 37.3 Å². The van der Waals surface area contributed by atoms with E-state index in [1.165, 1.54) is 6.42 Å². The lowest BCUT2D eigenvalue weighted by Gasteiger charge is -2.35. The Balaban J connectivity index is 1.58. The highest BCUT2D eigenvalue weighted by atomic mass is 16.7. The van der Waals surface area contributed by atoms with Gasteiger partial charge in [0.05, 0.1) is 0 Å². The molecule has 1 fully saturated rings. The number of ether oxygens (including phenoxy) is 2. The van der Waals surface area contributed by atoms with Gasteiger partial charge in [-0.15, -0.1) is 6.42 Å². The van der Waals surface area contributed by atoms with Crippen molar-refractivity contribution in [1.82, 2.24) is 4.98 Å². The quantitative estimate of drug-likeness (QED) is 0.741. The Morgan fingerprint density at radius 1 is 1.18 bits per heavy atom. The highest BCUT2D eigenvalue weighted by Crippen LogP contribution is 2.34. The van der Waals surface area contributed by atoms with Gasteiger partial charge in [0.25, 0.3) is 0 Å². The molecule has 2 aliphatic rings. The average Bonchev–Trinajstić information content (AvgIpc) is 3.21. The number of benzene rings is 1. The maximum absolute atomic E-state index is 13.5. The van der Waals surface area contributed by atoms with Crippen molar-refractivity contribution in [2.75, 3.05) is 11.7 Å². The van der Waals surface area contributed by atoms with E-state index in [9.17, 15) is 4.79 Å². The van der Waals surface area contributed by atoms with Crippen molar-refractivity contribution >= 4 is 11.7 Å². The van der Waals surface area contributed by atoms with Crippen LogP contribution in [-0.4, -0.2) is 23.7 Å². The second kappa shape index (κ2) is 8.35. The largest absolute Gasteiger partial charge is 0.454 e. The van der Waals surface area contributed by atoms with Crippen molar-refractivity contribution in [3.05, 3.63) is 48.2 Å². The highest BCUT2D eigenvalue weighted by molar-refractivity contribution is 5.96. The molecule has 2 aromatic rings. The normalized spacial score (nSPS) is 17.0. The summed E-state index contributed by atoms with van der Waals surface area (Å²) in [5, 5.41) is 0. The number of amides is 1. The summed E-state index contributed by atoms with van der Waals surface area (Å²) < 4.78 is 10.8. The number of carbonyl (C=O) groups is 1. The van der Waals surface area contributed by atoms with Crippen LogP contribution in [0.3, 0.4) is 0 Å². The topological polar surface area (TPSA) is 51.7 Å². The Morgan fingerprint density at radius 2 is 2.00 bits per heavy atom. The first-order valence-electron chi connectivity index (χ1n) is 9.85. The van der Waals surface area contributed by atoms with Crippen LogP contribution in [0.4, 0.5) is 5.82 Å². The fourth-order valence-electron chi connectivity index (χ4n) is 4.00. The Labute approximate surface area is 165 Å². The highest BCUT2D eigenvalue weighted by Gasteiger charge is 2.32. The number of fused-ring (bicyclic) bond motifs is 1. The van der Waals surface area contributed by atoms with Crippen LogP contribution in [-0.2, 0) is 11.2 Å². The molecular formula is C23H24N2O3. The maximum Gasteiger partial charge on any atom is 0.243 e. The molecule has 1 amide bonds. The van der Waals surface area contributed by atoms with Crippen molar-refractivity contribution < 1.29 is 14.3 Å². The lowest BCUT2D eigenvalue weighted by Crippen LogP contribution is -2.45. The number of terminal acetylenes is 1. The number of rotatable bonds is 5. The summed E-state index contributed by atoms with van der Waals surface area (Å²) in [6.07, 6.45) is 13.4. The third-order valence-electron chi connectivity index (χ3n) is 5.45. The molecule has 1 aromatic heterocycles. The first-order chi connectivity index (χ1) is 13.8. The van der Waals surface area contributed by atoms with E-state index in [1.807, 2.05) is 41.3 Å². The molecule has 0 N–H and O–H groups in total. The Hall–Kier alpha value is -3.00. The molecule has 1 aliphatic heterocycles. The third-order valence-corrected chi connectivity index (χ3v) is 5.45. The van der Waals surface area contributed by atoms with E-state index >= 15 is 0 Å². The molecule has 5 nitrogen and oxygen atoms in total. The molecule has 0 radical (unpaired) electrons. The summed E-state index contributed by atoms with van der Waals surface area (Å²) in [6.45, 7) is 0.228. The summed E-state index contributed by atoms with van der Waals surface area (Å²) in [6, 6.07) is 11.5. The lowest BCUT2D eigenvalue weighted by atomic mass is 9.91. The van der Waals surface area contributed by atoms with Gasteiger partial charge in [-0.25, -0.2) is 4.98 Å². The predicted molar refractivity (Wildman–Crippen MR) is 107 cm³/mol. The fourth-order valence-corrected chi connectivity index (χ4v) is 4.00. The third kappa shape index (κ3) is 3.82. The minimum Gasteiger partial charge on any atom is -0.454 e. The molecule has 4 rings (SSSR count). The van der Waals surface area contributed by atoms with Crippen LogP contribution in [0.1, 0.15) is 37.7 Å². The first kappa shape index (κ1) is 18.4. The Bertz CT molecular complexity index is 869. The molecule has 1 aromatic carbocycles. The van der Waals surface area contributed by atoms with Gasteiger partial charge >= 0.3 is 0 Å². The summed E-state index contributed by atoms with van der Waals surface area (Å²) in [7, 11) is 0. The van der Waals surface area contributed by atoms with E-state index in [-0.39, 0.29) is 18.7 Å². The van der Waals surface area contributed by atoms with Crippen molar-refractivity contribution in [1.29, 1.82) is 0 Å². The van der Waals surface area contributed by atoms with Crippen molar-refractivity contribution in [3.63, 3.8) is 0 Å². The number of anilines is 1. The van der Waals surface area contributed by atoms with Gasteiger partial charge in [-0.05, 0) is 49.1 Å². The van der Waals surface area contributed by atoms with E-state index in [4.69, 9.17) is 15.9 Å². The molecule has 144 valence electrons. The van der Waals surface area contributed by atoms with Gasteiger partial charge in [-0.2, -0.15) is 0 Å². The van der Waals surface area contributed by atoms with Crippen molar-refractivity contribution in [2.24, 2.45) is 5.92 Å². The summed E-state index contributed by atoms with van der Waals surface area (Å²) in [5.41, 5.74) is 0.963. The van der Waals surface area contributed by atoms with Crippen LogP contribution >= 0.6 is 0 Å². The van der Waals surface area contributed by atoms with Crippen LogP contribution in [0.25, 0.3) is 0 Å². The number of pyridine rings is 1. The number of nitrogens with zero attached hydrogens (tertiary/aromatic N) is 2. The number of hydrogen-bond acceptors (Lipinski definition) is 4. The number of hydrogen-bond donors (Lipinski definition) is 0. The van der Waals surface area contributed by atoms with E-state index in [1.54, 1.807) is 6.20 Å². The zero-order valence-corrected chi connectivity index (χ0v) is 15.8. The molecule has 1 unspecified atom stereocenters. The second-order valence-electron chi connectivity index (χ2n) is 7.30. The molecule has 1 saturated carbocycles. The van der Waals surface area contributed by atoms with Crippen LogP contribution in [0, 0.1) is 18.3 Å². The lowest BCUT2D eigenvalue weighted by molar-refractivity contribution is -0.121. The van der Waals surface area contributed by atoms with Crippen LogP contribution in [0.2, 0.25) is 0 Å². The minimum atomic E-state index is -0.552. The Kier molecular flexibility index (Phi) is 5.48. The van der Waals surface area contributed by atoms with Gasteiger partial charge in [-0.3, -0.25) is 9.69 Å². The smallest absolute Gasteiger partial charge is 0.243 e. The van der Waals surface area contributed by atoms with Crippen LogP contribution < -0.4 is 14.4 Å². The zero-order chi connectivity index (χ0) is 19.3. The molecule has 28 heavy (non-hydrogen) atoms. The maximum atomic E-state index is 13.5.